The average Bonchev–Trinajstić information content (AvgIpc) is 2.96. The van der Waals surface area contributed by atoms with Crippen molar-refractivity contribution in [1.82, 2.24) is 14.8 Å². The van der Waals surface area contributed by atoms with E-state index >= 15 is 0 Å². The highest BCUT2D eigenvalue weighted by molar-refractivity contribution is 6.35. The highest BCUT2D eigenvalue weighted by Crippen LogP contribution is 2.32. The molecule has 0 amide bonds. The standard InChI is InChI=1S/C13H11Cl2F4N3O/c14-9-1-2-10(11(15)3-9)8(4-22-7-20-6-21-22)5-23-13(18,19)12(16)17/h1-3,6-8,12H,4-5H2/t8-/m0/s1. The molecule has 2 rings (SSSR count). The van der Waals surface area contributed by atoms with Crippen LogP contribution in [0, 0.1) is 0 Å². The zero-order valence-electron chi connectivity index (χ0n) is 11.5. The van der Waals surface area contributed by atoms with E-state index in [-0.39, 0.29) is 11.6 Å². The van der Waals surface area contributed by atoms with E-state index in [0.717, 1.165) is 0 Å². The smallest absolute Gasteiger partial charge is 0.315 e. The molecule has 0 fully saturated rings. The number of rotatable bonds is 7. The molecule has 1 atom stereocenters. The molecule has 1 heterocycles. The maximum absolute atomic E-state index is 13.0. The van der Waals surface area contributed by atoms with Crippen LogP contribution in [0.5, 0.6) is 0 Å². The molecule has 0 N–H and O–H groups in total. The van der Waals surface area contributed by atoms with Crippen molar-refractivity contribution in [3.05, 3.63) is 46.5 Å². The Balaban J connectivity index is 2.21. The van der Waals surface area contributed by atoms with Crippen molar-refractivity contribution in [2.75, 3.05) is 6.61 Å². The van der Waals surface area contributed by atoms with Gasteiger partial charge in [0.2, 0.25) is 0 Å². The van der Waals surface area contributed by atoms with Gasteiger partial charge in [-0.15, -0.1) is 0 Å². The molecule has 2 aromatic rings. The summed E-state index contributed by atoms with van der Waals surface area (Å²) >= 11 is 11.8. The molecular formula is C13H11Cl2F4N3O. The Bertz CT molecular complexity index is 640. The fourth-order valence-corrected chi connectivity index (χ4v) is 2.46. The summed E-state index contributed by atoms with van der Waals surface area (Å²) in [5, 5.41) is 4.43. The molecule has 4 nitrogen and oxygen atoms in total. The van der Waals surface area contributed by atoms with Gasteiger partial charge in [0.1, 0.15) is 12.7 Å². The molecule has 0 spiro atoms. The topological polar surface area (TPSA) is 39.9 Å². The van der Waals surface area contributed by atoms with Crippen molar-refractivity contribution < 1.29 is 22.3 Å². The van der Waals surface area contributed by atoms with Crippen LogP contribution >= 0.6 is 23.2 Å². The van der Waals surface area contributed by atoms with Crippen LogP contribution < -0.4 is 0 Å². The maximum atomic E-state index is 13.0. The largest absolute Gasteiger partial charge is 0.416 e. The molecule has 23 heavy (non-hydrogen) atoms. The number of hydrogen-bond donors (Lipinski definition) is 0. The third-order valence-corrected chi connectivity index (χ3v) is 3.57. The number of ether oxygens (including phenoxy) is 1. The van der Waals surface area contributed by atoms with Gasteiger partial charge in [-0.2, -0.15) is 13.9 Å². The Labute approximate surface area is 139 Å². The van der Waals surface area contributed by atoms with Gasteiger partial charge in [0.05, 0.1) is 13.2 Å². The van der Waals surface area contributed by atoms with E-state index in [1.165, 1.54) is 35.5 Å². The number of hydrogen-bond acceptors (Lipinski definition) is 3. The monoisotopic (exact) mass is 371 g/mol. The third-order valence-electron chi connectivity index (χ3n) is 3.01. The molecule has 1 aromatic carbocycles. The van der Waals surface area contributed by atoms with Gasteiger partial charge in [-0.05, 0) is 17.7 Å². The Morgan fingerprint density at radius 3 is 2.57 bits per heavy atom. The van der Waals surface area contributed by atoms with Crippen LogP contribution in [0.3, 0.4) is 0 Å². The van der Waals surface area contributed by atoms with Crippen LogP contribution in [0.1, 0.15) is 11.5 Å². The highest BCUT2D eigenvalue weighted by atomic mass is 35.5. The maximum Gasteiger partial charge on any atom is 0.416 e. The molecular weight excluding hydrogens is 361 g/mol. The first-order valence-corrected chi connectivity index (χ1v) is 7.12. The van der Waals surface area contributed by atoms with E-state index in [1.807, 2.05) is 0 Å². The van der Waals surface area contributed by atoms with Gasteiger partial charge in [0.25, 0.3) is 0 Å². The van der Waals surface area contributed by atoms with E-state index in [2.05, 4.69) is 14.8 Å². The first-order valence-electron chi connectivity index (χ1n) is 6.37. The molecule has 0 aliphatic rings. The van der Waals surface area contributed by atoms with E-state index in [0.29, 0.717) is 10.6 Å². The average molecular weight is 372 g/mol. The second kappa shape index (κ2) is 7.46. The molecule has 0 bridgehead atoms. The SMILES string of the molecule is FC(F)C(F)(F)OC[C@H](Cn1cncn1)c1ccc(Cl)cc1Cl. The molecule has 10 heteroatoms. The second-order valence-corrected chi connectivity index (χ2v) is 5.50. The first kappa shape index (κ1) is 18.0. The zero-order chi connectivity index (χ0) is 17.0. The minimum absolute atomic E-state index is 0.0701. The van der Waals surface area contributed by atoms with Crippen LogP contribution in [0.15, 0.2) is 30.9 Å². The lowest BCUT2D eigenvalue weighted by atomic mass is 10.00. The van der Waals surface area contributed by atoms with Crippen LogP contribution in [0.4, 0.5) is 17.6 Å². The summed E-state index contributed by atoms with van der Waals surface area (Å²) in [5.41, 5.74) is 0.427. The van der Waals surface area contributed by atoms with Crippen molar-refractivity contribution in [3.63, 3.8) is 0 Å². The fraction of sp³-hybridized carbons (Fsp3) is 0.385. The van der Waals surface area contributed by atoms with Gasteiger partial charge in [0.15, 0.2) is 0 Å². The van der Waals surface area contributed by atoms with E-state index in [4.69, 9.17) is 23.2 Å². The molecule has 0 aliphatic carbocycles. The lowest BCUT2D eigenvalue weighted by molar-refractivity contribution is -0.302. The molecule has 1 aromatic heterocycles. The van der Waals surface area contributed by atoms with Gasteiger partial charge in [-0.1, -0.05) is 29.3 Å². The van der Waals surface area contributed by atoms with Crippen molar-refractivity contribution in [3.8, 4) is 0 Å². The van der Waals surface area contributed by atoms with Gasteiger partial charge < -0.3 is 4.74 Å². The van der Waals surface area contributed by atoms with Gasteiger partial charge in [-0.3, -0.25) is 4.68 Å². The fourth-order valence-electron chi connectivity index (χ4n) is 1.90. The number of nitrogens with zero attached hydrogens (tertiary/aromatic N) is 3. The summed E-state index contributed by atoms with van der Waals surface area (Å²) < 4.78 is 55.9. The molecule has 0 aliphatic heterocycles. The second-order valence-electron chi connectivity index (χ2n) is 4.65. The highest BCUT2D eigenvalue weighted by Gasteiger charge is 2.43. The Morgan fingerprint density at radius 1 is 1.26 bits per heavy atom. The third kappa shape index (κ3) is 4.79. The van der Waals surface area contributed by atoms with Crippen molar-refractivity contribution in [1.29, 1.82) is 0 Å². The van der Waals surface area contributed by atoms with Crippen LogP contribution in [-0.2, 0) is 11.3 Å². The van der Waals surface area contributed by atoms with E-state index in [9.17, 15) is 17.6 Å². The number of halogens is 6. The Hall–Kier alpha value is -1.38. The molecule has 0 saturated carbocycles. The number of aromatic nitrogens is 3. The molecule has 126 valence electrons. The quantitative estimate of drug-likeness (QED) is 0.683. The Morgan fingerprint density at radius 2 is 2.00 bits per heavy atom. The van der Waals surface area contributed by atoms with Gasteiger partial charge in [0, 0.05) is 16.0 Å². The van der Waals surface area contributed by atoms with E-state index in [1.54, 1.807) is 0 Å². The Kier molecular flexibility index (Phi) is 5.83. The van der Waals surface area contributed by atoms with E-state index < -0.39 is 25.1 Å². The summed E-state index contributed by atoms with van der Waals surface area (Å²) in [4.78, 5) is 3.73. The summed E-state index contributed by atoms with van der Waals surface area (Å²) in [5.74, 6) is -0.744. The summed E-state index contributed by atoms with van der Waals surface area (Å²) in [6.07, 6.45) is -5.84. The number of alkyl halides is 4. The predicted molar refractivity (Wildman–Crippen MR) is 76.1 cm³/mol. The lowest BCUT2D eigenvalue weighted by Gasteiger charge is -2.22. The lowest BCUT2D eigenvalue weighted by Crippen LogP contribution is -2.32. The van der Waals surface area contributed by atoms with Crippen molar-refractivity contribution in [2.24, 2.45) is 0 Å². The summed E-state index contributed by atoms with van der Waals surface area (Å²) in [7, 11) is 0. The normalized spacial score (nSPS) is 13.5. The van der Waals surface area contributed by atoms with Crippen molar-refractivity contribution >= 4 is 23.2 Å². The minimum Gasteiger partial charge on any atom is -0.315 e. The predicted octanol–water partition coefficient (Wildman–Crippen LogP) is 4.24. The first-order chi connectivity index (χ1) is 10.8. The van der Waals surface area contributed by atoms with Crippen LogP contribution in [0.25, 0.3) is 0 Å². The number of benzene rings is 1. The summed E-state index contributed by atoms with van der Waals surface area (Å²) in [6, 6.07) is 4.47. The molecule has 0 saturated heterocycles. The van der Waals surface area contributed by atoms with Gasteiger partial charge in [-0.25, -0.2) is 13.8 Å². The minimum atomic E-state index is -4.54. The van der Waals surface area contributed by atoms with Crippen LogP contribution in [-0.4, -0.2) is 33.9 Å². The zero-order valence-corrected chi connectivity index (χ0v) is 13.0. The molecule has 0 unspecified atom stereocenters. The van der Waals surface area contributed by atoms with Crippen molar-refractivity contribution in [2.45, 2.75) is 25.0 Å². The summed E-state index contributed by atoms with van der Waals surface area (Å²) in [6.45, 7) is -0.612. The van der Waals surface area contributed by atoms with Crippen LogP contribution in [0.2, 0.25) is 10.0 Å². The molecule has 0 radical (unpaired) electrons. The van der Waals surface area contributed by atoms with Gasteiger partial charge >= 0.3 is 12.5 Å².